The number of hydrogen-bond acceptors (Lipinski definition) is 4. The number of amides is 1. The Morgan fingerprint density at radius 2 is 1.79 bits per heavy atom. The maximum Gasteiger partial charge on any atom is 0.251 e. The minimum atomic E-state index is -0.00764. The van der Waals surface area contributed by atoms with Gasteiger partial charge in [0.15, 0.2) is 0 Å². The van der Waals surface area contributed by atoms with Crippen LogP contribution in [0.25, 0.3) is 0 Å². The molecule has 0 atom stereocenters. The predicted molar refractivity (Wildman–Crippen MR) is 104 cm³/mol. The molecule has 24 heavy (non-hydrogen) atoms. The van der Waals surface area contributed by atoms with Gasteiger partial charge in [-0.25, -0.2) is 0 Å². The molecule has 3 N–H and O–H groups in total. The standard InChI is InChI=1S/C17H28N4O.2ClH/c1-20(2)16-7-10-21(11-8-16)12-9-19-17(22)15-5-3-14(13-18)4-6-15;;/h3-6,16H,7-13,18H2,1-2H3,(H,19,22);2*1H. The monoisotopic (exact) mass is 376 g/mol. The van der Waals surface area contributed by atoms with Crippen molar-refractivity contribution in [2.75, 3.05) is 40.3 Å². The van der Waals surface area contributed by atoms with E-state index in [1.807, 2.05) is 24.3 Å². The molecule has 5 nitrogen and oxygen atoms in total. The maximum absolute atomic E-state index is 12.1. The Balaban J connectivity index is 0.00000264. The first-order valence-corrected chi connectivity index (χ1v) is 8.06. The third-order valence-electron chi connectivity index (χ3n) is 4.45. The second kappa shape index (κ2) is 11.7. The van der Waals surface area contributed by atoms with Gasteiger partial charge in [0.25, 0.3) is 5.91 Å². The Hall–Kier alpha value is -0.850. The first-order chi connectivity index (χ1) is 10.6. The van der Waals surface area contributed by atoms with Gasteiger partial charge in [0.05, 0.1) is 0 Å². The lowest BCUT2D eigenvalue weighted by molar-refractivity contribution is 0.0940. The molecule has 1 heterocycles. The number of carbonyl (C=O) groups excluding carboxylic acids is 1. The molecule has 1 amide bonds. The third-order valence-corrected chi connectivity index (χ3v) is 4.45. The van der Waals surface area contributed by atoms with E-state index in [2.05, 4.69) is 29.2 Å². The molecule has 0 unspecified atom stereocenters. The number of rotatable bonds is 6. The van der Waals surface area contributed by atoms with Gasteiger partial charge in [-0.2, -0.15) is 0 Å². The Morgan fingerprint density at radius 1 is 1.21 bits per heavy atom. The molecule has 0 radical (unpaired) electrons. The lowest BCUT2D eigenvalue weighted by atomic mass is 10.0. The molecule has 1 aromatic carbocycles. The van der Waals surface area contributed by atoms with Crippen molar-refractivity contribution < 1.29 is 4.79 Å². The second-order valence-electron chi connectivity index (χ2n) is 6.19. The SMILES string of the molecule is CN(C)C1CCN(CCNC(=O)c2ccc(CN)cc2)CC1.Cl.Cl. The summed E-state index contributed by atoms with van der Waals surface area (Å²) in [6.45, 7) is 4.36. The summed E-state index contributed by atoms with van der Waals surface area (Å²) in [5.41, 5.74) is 7.30. The molecule has 2 rings (SSSR count). The number of carbonyl (C=O) groups is 1. The minimum Gasteiger partial charge on any atom is -0.351 e. The Morgan fingerprint density at radius 3 is 2.29 bits per heavy atom. The van der Waals surface area contributed by atoms with Gasteiger partial charge in [0.2, 0.25) is 0 Å². The van der Waals surface area contributed by atoms with E-state index < -0.39 is 0 Å². The summed E-state index contributed by atoms with van der Waals surface area (Å²) >= 11 is 0. The van der Waals surface area contributed by atoms with Crippen LogP contribution in [0.4, 0.5) is 0 Å². The van der Waals surface area contributed by atoms with Crippen LogP contribution < -0.4 is 11.1 Å². The summed E-state index contributed by atoms with van der Waals surface area (Å²) in [4.78, 5) is 16.8. The molecule has 0 aliphatic carbocycles. The zero-order valence-corrected chi connectivity index (χ0v) is 16.2. The molecule has 0 aromatic heterocycles. The van der Waals surface area contributed by atoms with Gasteiger partial charge >= 0.3 is 0 Å². The molecular formula is C17H30Cl2N4O. The lowest BCUT2D eigenvalue weighted by Crippen LogP contribution is -2.44. The fourth-order valence-corrected chi connectivity index (χ4v) is 2.88. The number of piperidine rings is 1. The van der Waals surface area contributed by atoms with Gasteiger partial charge in [-0.3, -0.25) is 4.79 Å². The zero-order valence-electron chi connectivity index (χ0n) is 14.5. The molecule has 1 aliphatic rings. The highest BCUT2D eigenvalue weighted by Crippen LogP contribution is 2.13. The number of benzene rings is 1. The topological polar surface area (TPSA) is 61.6 Å². The van der Waals surface area contributed by atoms with Gasteiger partial charge < -0.3 is 20.9 Å². The highest BCUT2D eigenvalue weighted by molar-refractivity contribution is 5.94. The first-order valence-electron chi connectivity index (χ1n) is 8.06. The van der Waals surface area contributed by atoms with Crippen LogP contribution in [-0.2, 0) is 6.54 Å². The van der Waals surface area contributed by atoms with Gasteiger partial charge in [-0.15, -0.1) is 24.8 Å². The summed E-state index contributed by atoms with van der Waals surface area (Å²) in [5.74, 6) is -0.00764. The number of nitrogens with zero attached hydrogens (tertiary/aromatic N) is 2. The number of nitrogens with two attached hydrogens (primary N) is 1. The molecular weight excluding hydrogens is 347 g/mol. The minimum absolute atomic E-state index is 0. The van der Waals surface area contributed by atoms with E-state index in [1.165, 1.54) is 12.8 Å². The molecule has 1 aromatic rings. The predicted octanol–water partition coefficient (Wildman–Crippen LogP) is 1.74. The van der Waals surface area contributed by atoms with E-state index in [9.17, 15) is 4.79 Å². The van der Waals surface area contributed by atoms with Gasteiger partial charge in [0.1, 0.15) is 0 Å². The van der Waals surface area contributed by atoms with Crippen LogP contribution in [0, 0.1) is 0 Å². The van der Waals surface area contributed by atoms with Crippen LogP contribution in [-0.4, -0.2) is 62.0 Å². The summed E-state index contributed by atoms with van der Waals surface area (Å²) in [7, 11) is 4.30. The van der Waals surface area contributed by atoms with Crippen molar-refractivity contribution in [2.24, 2.45) is 5.73 Å². The molecule has 0 saturated carbocycles. The summed E-state index contributed by atoms with van der Waals surface area (Å²) in [6, 6.07) is 8.18. The van der Waals surface area contributed by atoms with Gasteiger partial charge in [0, 0.05) is 31.2 Å². The van der Waals surface area contributed by atoms with Crippen LogP contribution >= 0.6 is 24.8 Å². The highest BCUT2D eigenvalue weighted by atomic mass is 35.5. The summed E-state index contributed by atoms with van der Waals surface area (Å²) in [6.07, 6.45) is 2.42. The van der Waals surface area contributed by atoms with Crippen molar-refractivity contribution in [2.45, 2.75) is 25.4 Å². The fraction of sp³-hybridized carbons (Fsp3) is 0.588. The van der Waals surface area contributed by atoms with E-state index in [1.54, 1.807) is 0 Å². The highest BCUT2D eigenvalue weighted by Gasteiger charge is 2.20. The molecule has 1 fully saturated rings. The van der Waals surface area contributed by atoms with Crippen LogP contribution in [0.1, 0.15) is 28.8 Å². The normalized spacial score (nSPS) is 15.5. The van der Waals surface area contributed by atoms with Crippen LogP contribution in [0.3, 0.4) is 0 Å². The lowest BCUT2D eigenvalue weighted by Gasteiger charge is -2.35. The van der Waals surface area contributed by atoms with Crippen LogP contribution in [0.2, 0.25) is 0 Å². The second-order valence-corrected chi connectivity index (χ2v) is 6.19. The molecule has 1 aliphatic heterocycles. The van der Waals surface area contributed by atoms with Crippen LogP contribution in [0.5, 0.6) is 0 Å². The number of hydrogen-bond donors (Lipinski definition) is 2. The van der Waals surface area contributed by atoms with Crippen molar-refractivity contribution in [3.05, 3.63) is 35.4 Å². The maximum atomic E-state index is 12.1. The molecule has 7 heteroatoms. The van der Waals surface area contributed by atoms with E-state index in [0.29, 0.717) is 24.7 Å². The van der Waals surface area contributed by atoms with E-state index in [-0.39, 0.29) is 30.7 Å². The van der Waals surface area contributed by atoms with Crippen molar-refractivity contribution >= 4 is 30.7 Å². The third kappa shape index (κ3) is 6.95. The van der Waals surface area contributed by atoms with E-state index >= 15 is 0 Å². The Bertz CT molecular complexity index is 474. The Labute approximate surface area is 157 Å². The zero-order chi connectivity index (χ0) is 15.9. The van der Waals surface area contributed by atoms with E-state index in [4.69, 9.17) is 5.73 Å². The Kier molecular flexibility index (Phi) is 11.2. The smallest absolute Gasteiger partial charge is 0.251 e. The van der Waals surface area contributed by atoms with Crippen molar-refractivity contribution in [3.63, 3.8) is 0 Å². The average Bonchev–Trinajstić information content (AvgIpc) is 2.55. The van der Waals surface area contributed by atoms with Gasteiger partial charge in [-0.05, 0) is 57.7 Å². The first kappa shape index (κ1) is 23.1. The molecule has 0 spiro atoms. The fourth-order valence-electron chi connectivity index (χ4n) is 2.88. The molecule has 138 valence electrons. The van der Waals surface area contributed by atoms with Gasteiger partial charge in [-0.1, -0.05) is 12.1 Å². The summed E-state index contributed by atoms with van der Waals surface area (Å²) < 4.78 is 0. The average molecular weight is 377 g/mol. The quantitative estimate of drug-likeness (QED) is 0.793. The molecule has 0 bridgehead atoms. The van der Waals surface area contributed by atoms with Crippen molar-refractivity contribution in [1.29, 1.82) is 0 Å². The largest absolute Gasteiger partial charge is 0.351 e. The number of nitrogens with one attached hydrogen (secondary N) is 1. The summed E-state index contributed by atoms with van der Waals surface area (Å²) in [5, 5.41) is 3.00. The molecule has 1 saturated heterocycles. The van der Waals surface area contributed by atoms with E-state index in [0.717, 1.165) is 25.2 Å². The number of halogens is 2. The van der Waals surface area contributed by atoms with Crippen LogP contribution in [0.15, 0.2) is 24.3 Å². The number of likely N-dealkylation sites (tertiary alicyclic amines) is 1. The van der Waals surface area contributed by atoms with Crippen molar-refractivity contribution in [1.82, 2.24) is 15.1 Å². The van der Waals surface area contributed by atoms with Crippen molar-refractivity contribution in [3.8, 4) is 0 Å².